The molecule has 0 N–H and O–H groups in total. The van der Waals surface area contributed by atoms with Gasteiger partial charge in [0.1, 0.15) is 0 Å². The van der Waals surface area contributed by atoms with Crippen molar-refractivity contribution in [2.75, 3.05) is 6.54 Å². The van der Waals surface area contributed by atoms with E-state index in [0.717, 1.165) is 0 Å². The van der Waals surface area contributed by atoms with Gasteiger partial charge < -0.3 is 0 Å². The van der Waals surface area contributed by atoms with E-state index < -0.39 is 0 Å². The van der Waals surface area contributed by atoms with E-state index in [-0.39, 0.29) is 12.3 Å². The van der Waals surface area contributed by atoms with E-state index in [0.29, 0.717) is 11.1 Å². The smallest absolute Gasteiger partial charge is 0.188 e. The number of rotatable bonds is 4. The van der Waals surface area contributed by atoms with Crippen molar-refractivity contribution in [1.82, 2.24) is 0 Å². The van der Waals surface area contributed by atoms with Crippen molar-refractivity contribution in [2.45, 2.75) is 0 Å². The summed E-state index contributed by atoms with van der Waals surface area (Å²) in [6, 6.07) is 8.77. The molecular formula is C10H9N3O. The summed E-state index contributed by atoms with van der Waals surface area (Å²) in [5.74, 6) is -0.182. The Hall–Kier alpha value is -2.06. The van der Waals surface area contributed by atoms with Crippen molar-refractivity contribution in [3.63, 3.8) is 0 Å². The highest BCUT2D eigenvalue weighted by atomic mass is 16.1. The molecule has 1 rings (SSSR count). The highest BCUT2D eigenvalue weighted by Crippen LogP contribution is 2.06. The fourth-order valence-electron chi connectivity index (χ4n) is 0.982. The van der Waals surface area contributed by atoms with E-state index in [1.807, 2.05) is 6.07 Å². The zero-order chi connectivity index (χ0) is 10.4. The molecule has 0 atom stereocenters. The van der Waals surface area contributed by atoms with Gasteiger partial charge in [-0.25, -0.2) is 0 Å². The summed E-state index contributed by atoms with van der Waals surface area (Å²) in [6.45, 7) is 3.57. The van der Waals surface area contributed by atoms with Crippen molar-refractivity contribution in [3.05, 3.63) is 58.5 Å². The molecule has 4 nitrogen and oxygen atoms in total. The minimum Gasteiger partial charge on any atom is -0.289 e. The number of hydrogen-bond acceptors (Lipinski definition) is 2. The number of ketones is 1. The SMILES string of the molecule is C=C(CN=[N+]=[N-])C(=O)c1ccccc1. The van der Waals surface area contributed by atoms with E-state index in [1.54, 1.807) is 24.3 Å². The molecular weight excluding hydrogens is 178 g/mol. The molecule has 0 heterocycles. The van der Waals surface area contributed by atoms with Crippen LogP contribution in [0.25, 0.3) is 10.4 Å². The topological polar surface area (TPSA) is 65.8 Å². The number of carbonyl (C=O) groups excluding carboxylic acids is 1. The van der Waals surface area contributed by atoms with Gasteiger partial charge in [-0.05, 0) is 11.1 Å². The molecule has 0 saturated carbocycles. The summed E-state index contributed by atoms with van der Waals surface area (Å²) in [5.41, 5.74) is 8.93. The minimum absolute atomic E-state index is 0.0181. The molecule has 0 aliphatic carbocycles. The molecule has 0 unspecified atom stereocenters. The van der Waals surface area contributed by atoms with Crippen LogP contribution in [0.3, 0.4) is 0 Å². The molecule has 0 spiro atoms. The van der Waals surface area contributed by atoms with Gasteiger partial charge in [-0.3, -0.25) is 4.79 Å². The third kappa shape index (κ3) is 2.47. The Balaban J connectivity index is 2.76. The fourth-order valence-corrected chi connectivity index (χ4v) is 0.982. The average Bonchev–Trinajstić information content (AvgIpc) is 2.26. The number of nitrogens with zero attached hydrogens (tertiary/aromatic N) is 3. The Kier molecular flexibility index (Phi) is 3.47. The highest BCUT2D eigenvalue weighted by molar-refractivity contribution is 6.08. The molecule has 0 fully saturated rings. The van der Waals surface area contributed by atoms with Crippen LogP contribution in [0, 0.1) is 0 Å². The molecule has 1 aromatic carbocycles. The number of Topliss-reactive ketones (excluding diaryl/α,β-unsaturated/α-hetero) is 1. The van der Waals surface area contributed by atoms with Gasteiger partial charge in [0.25, 0.3) is 0 Å². The Morgan fingerprint density at radius 2 is 2.07 bits per heavy atom. The third-order valence-electron chi connectivity index (χ3n) is 1.68. The summed E-state index contributed by atoms with van der Waals surface area (Å²) in [5, 5.41) is 3.28. The Morgan fingerprint density at radius 3 is 2.64 bits per heavy atom. The van der Waals surface area contributed by atoms with Gasteiger partial charge in [0, 0.05) is 10.5 Å². The molecule has 1 aromatic rings. The molecule has 0 bridgehead atoms. The molecule has 4 heteroatoms. The van der Waals surface area contributed by atoms with E-state index in [2.05, 4.69) is 16.6 Å². The van der Waals surface area contributed by atoms with Gasteiger partial charge in [-0.1, -0.05) is 42.0 Å². The van der Waals surface area contributed by atoms with Gasteiger partial charge in [-0.2, -0.15) is 0 Å². The highest BCUT2D eigenvalue weighted by Gasteiger charge is 2.07. The zero-order valence-electron chi connectivity index (χ0n) is 7.55. The van der Waals surface area contributed by atoms with E-state index in [1.165, 1.54) is 0 Å². The van der Waals surface area contributed by atoms with Gasteiger partial charge in [0.15, 0.2) is 5.78 Å². The maximum Gasteiger partial charge on any atom is 0.188 e. The number of benzene rings is 1. The molecule has 14 heavy (non-hydrogen) atoms. The van der Waals surface area contributed by atoms with Crippen molar-refractivity contribution in [1.29, 1.82) is 0 Å². The van der Waals surface area contributed by atoms with Gasteiger partial charge in [-0.15, -0.1) is 0 Å². The average molecular weight is 187 g/mol. The molecule has 70 valence electrons. The van der Waals surface area contributed by atoms with Gasteiger partial charge in [0.05, 0.1) is 6.54 Å². The molecule has 0 radical (unpaired) electrons. The van der Waals surface area contributed by atoms with Crippen LogP contribution in [0.15, 0.2) is 47.6 Å². The predicted octanol–water partition coefficient (Wildman–Crippen LogP) is 2.74. The van der Waals surface area contributed by atoms with Crippen molar-refractivity contribution in [3.8, 4) is 0 Å². The van der Waals surface area contributed by atoms with E-state index in [9.17, 15) is 4.79 Å². The summed E-state index contributed by atoms with van der Waals surface area (Å²) in [6.07, 6.45) is 0. The summed E-state index contributed by atoms with van der Waals surface area (Å²) < 4.78 is 0. The lowest BCUT2D eigenvalue weighted by molar-refractivity contribution is 0.103. The van der Waals surface area contributed by atoms with Crippen LogP contribution in [0.2, 0.25) is 0 Å². The van der Waals surface area contributed by atoms with Gasteiger partial charge in [0.2, 0.25) is 0 Å². The molecule has 0 aliphatic heterocycles. The molecule has 0 amide bonds. The Bertz CT molecular complexity index is 391. The fraction of sp³-hybridized carbons (Fsp3) is 0.100. The zero-order valence-corrected chi connectivity index (χ0v) is 7.55. The number of azide groups is 1. The monoisotopic (exact) mass is 187 g/mol. The molecule has 0 aliphatic rings. The lowest BCUT2D eigenvalue weighted by Gasteiger charge is -2.00. The number of carbonyl (C=O) groups is 1. The van der Waals surface area contributed by atoms with Crippen molar-refractivity contribution in [2.24, 2.45) is 5.11 Å². The first-order valence-corrected chi connectivity index (χ1v) is 4.04. The van der Waals surface area contributed by atoms with Crippen LogP contribution in [0.4, 0.5) is 0 Å². The maximum atomic E-state index is 11.6. The normalized spacial score (nSPS) is 8.86. The summed E-state index contributed by atoms with van der Waals surface area (Å²) >= 11 is 0. The molecule has 0 saturated heterocycles. The number of hydrogen-bond donors (Lipinski definition) is 0. The maximum absolute atomic E-state index is 11.6. The van der Waals surface area contributed by atoms with Crippen LogP contribution < -0.4 is 0 Å². The second kappa shape index (κ2) is 4.84. The predicted molar refractivity (Wildman–Crippen MR) is 53.9 cm³/mol. The standard InChI is InChI=1S/C10H9N3O/c1-8(7-12-13-11)10(14)9-5-3-2-4-6-9/h2-6H,1,7H2. The quantitative estimate of drug-likeness (QED) is 0.235. The molecule has 0 aromatic heterocycles. The lowest BCUT2D eigenvalue weighted by Crippen LogP contribution is -2.04. The minimum atomic E-state index is -0.182. The van der Waals surface area contributed by atoms with Crippen molar-refractivity contribution >= 4 is 5.78 Å². The van der Waals surface area contributed by atoms with Crippen LogP contribution in [-0.2, 0) is 0 Å². The van der Waals surface area contributed by atoms with E-state index in [4.69, 9.17) is 5.53 Å². The first kappa shape index (κ1) is 10.0. The first-order chi connectivity index (χ1) is 6.75. The Labute approximate surface area is 81.5 Å². The first-order valence-electron chi connectivity index (χ1n) is 4.04. The van der Waals surface area contributed by atoms with Crippen LogP contribution in [0.5, 0.6) is 0 Å². The Morgan fingerprint density at radius 1 is 1.43 bits per heavy atom. The third-order valence-corrected chi connectivity index (χ3v) is 1.68. The second-order valence-corrected chi connectivity index (χ2v) is 2.69. The lowest BCUT2D eigenvalue weighted by atomic mass is 10.1. The van der Waals surface area contributed by atoms with Gasteiger partial charge >= 0.3 is 0 Å². The van der Waals surface area contributed by atoms with E-state index >= 15 is 0 Å². The summed E-state index contributed by atoms with van der Waals surface area (Å²) in [4.78, 5) is 14.1. The van der Waals surface area contributed by atoms with Crippen LogP contribution in [0.1, 0.15) is 10.4 Å². The largest absolute Gasteiger partial charge is 0.289 e. The second-order valence-electron chi connectivity index (χ2n) is 2.69. The summed E-state index contributed by atoms with van der Waals surface area (Å²) in [7, 11) is 0. The van der Waals surface area contributed by atoms with Crippen molar-refractivity contribution < 1.29 is 4.79 Å². The van der Waals surface area contributed by atoms with Crippen LogP contribution >= 0.6 is 0 Å². The van der Waals surface area contributed by atoms with Crippen LogP contribution in [-0.4, -0.2) is 12.3 Å².